The van der Waals surface area contributed by atoms with Gasteiger partial charge in [-0.3, -0.25) is 0 Å². The van der Waals surface area contributed by atoms with Crippen molar-refractivity contribution in [1.82, 2.24) is 4.98 Å². The summed E-state index contributed by atoms with van der Waals surface area (Å²) in [5, 5.41) is 0.821. The van der Waals surface area contributed by atoms with Gasteiger partial charge in [0.1, 0.15) is 5.00 Å². The first-order valence-corrected chi connectivity index (χ1v) is 6.38. The predicted octanol–water partition coefficient (Wildman–Crippen LogP) is 3.82. The third-order valence-corrected chi connectivity index (χ3v) is 3.90. The molecule has 2 N–H and O–H groups in total. The van der Waals surface area contributed by atoms with Gasteiger partial charge in [-0.25, -0.2) is 4.98 Å². The average molecular weight is 231 g/mol. The molecule has 4 heteroatoms. The smallest absolute Gasteiger partial charge is 0.185 e. The van der Waals surface area contributed by atoms with Crippen LogP contribution in [-0.4, -0.2) is 4.98 Å². The van der Waals surface area contributed by atoms with E-state index in [0.717, 1.165) is 10.7 Å². The topological polar surface area (TPSA) is 38.9 Å². The Hall–Kier alpha value is -0.280. The molecule has 0 saturated heterocycles. The van der Waals surface area contributed by atoms with Gasteiger partial charge in [0.05, 0.1) is 5.69 Å². The standard InChI is InChI=1S/C10H15ClN2S/c11-10-13-8(9(12)14-10)7-5-3-1-2-4-6-7/h7H,1-6,12H2. The van der Waals surface area contributed by atoms with Gasteiger partial charge in [0.2, 0.25) is 0 Å². The molecule has 0 bridgehead atoms. The minimum atomic E-state index is 0.557. The minimum absolute atomic E-state index is 0.557. The van der Waals surface area contributed by atoms with Crippen LogP contribution in [0.15, 0.2) is 0 Å². The van der Waals surface area contributed by atoms with Gasteiger partial charge >= 0.3 is 0 Å². The Labute approximate surface area is 93.5 Å². The summed E-state index contributed by atoms with van der Waals surface area (Å²) in [5.74, 6) is 0.557. The van der Waals surface area contributed by atoms with Crippen molar-refractivity contribution >= 4 is 27.9 Å². The van der Waals surface area contributed by atoms with Gasteiger partial charge in [-0.2, -0.15) is 0 Å². The van der Waals surface area contributed by atoms with Crippen LogP contribution >= 0.6 is 22.9 Å². The molecule has 0 aliphatic heterocycles. The number of hydrogen-bond acceptors (Lipinski definition) is 3. The lowest BCUT2D eigenvalue weighted by Gasteiger charge is -2.11. The molecule has 2 rings (SSSR count). The summed E-state index contributed by atoms with van der Waals surface area (Å²) < 4.78 is 0.585. The van der Waals surface area contributed by atoms with Gasteiger partial charge in [0.25, 0.3) is 0 Å². The second kappa shape index (κ2) is 4.49. The molecule has 1 heterocycles. The SMILES string of the molecule is Nc1sc(Cl)nc1C1CCCCCC1. The molecule has 78 valence electrons. The number of anilines is 1. The highest BCUT2D eigenvalue weighted by Crippen LogP contribution is 2.37. The fraction of sp³-hybridized carbons (Fsp3) is 0.700. The van der Waals surface area contributed by atoms with E-state index in [1.807, 2.05) is 0 Å². The van der Waals surface area contributed by atoms with Gasteiger partial charge in [0.15, 0.2) is 4.47 Å². The van der Waals surface area contributed by atoms with Crippen molar-refractivity contribution < 1.29 is 0 Å². The Kier molecular flexibility index (Phi) is 3.29. The predicted molar refractivity (Wildman–Crippen MR) is 62.0 cm³/mol. The monoisotopic (exact) mass is 230 g/mol. The number of thiazole rings is 1. The van der Waals surface area contributed by atoms with Crippen molar-refractivity contribution in [3.63, 3.8) is 0 Å². The lowest BCUT2D eigenvalue weighted by molar-refractivity contribution is 0.582. The summed E-state index contributed by atoms with van der Waals surface area (Å²) in [6, 6.07) is 0. The van der Waals surface area contributed by atoms with E-state index < -0.39 is 0 Å². The van der Waals surface area contributed by atoms with Crippen LogP contribution in [0.4, 0.5) is 5.00 Å². The molecule has 1 aliphatic rings. The summed E-state index contributed by atoms with van der Waals surface area (Å²) in [5.41, 5.74) is 6.95. The van der Waals surface area contributed by atoms with Crippen molar-refractivity contribution in [1.29, 1.82) is 0 Å². The Morgan fingerprint density at radius 3 is 2.36 bits per heavy atom. The Morgan fingerprint density at radius 2 is 1.86 bits per heavy atom. The fourth-order valence-corrected chi connectivity index (χ4v) is 3.14. The number of nitrogens with two attached hydrogens (primary N) is 1. The third kappa shape index (κ3) is 2.20. The summed E-state index contributed by atoms with van der Waals surface area (Å²) >= 11 is 7.25. The molecule has 1 saturated carbocycles. The lowest BCUT2D eigenvalue weighted by atomic mass is 9.97. The second-order valence-electron chi connectivity index (χ2n) is 3.90. The highest BCUT2D eigenvalue weighted by Gasteiger charge is 2.20. The van der Waals surface area contributed by atoms with Crippen molar-refractivity contribution in [2.24, 2.45) is 0 Å². The number of halogens is 1. The minimum Gasteiger partial charge on any atom is -0.389 e. The maximum atomic E-state index is 5.89. The van der Waals surface area contributed by atoms with Crippen LogP contribution in [0, 0.1) is 0 Å². The average Bonchev–Trinajstić information content (AvgIpc) is 2.43. The number of hydrogen-bond donors (Lipinski definition) is 1. The van der Waals surface area contributed by atoms with Gasteiger partial charge in [-0.05, 0) is 12.8 Å². The molecular weight excluding hydrogens is 216 g/mol. The van der Waals surface area contributed by atoms with Crippen molar-refractivity contribution in [2.75, 3.05) is 5.73 Å². The largest absolute Gasteiger partial charge is 0.389 e. The van der Waals surface area contributed by atoms with Crippen LogP contribution in [0.25, 0.3) is 0 Å². The second-order valence-corrected chi connectivity index (χ2v) is 5.52. The van der Waals surface area contributed by atoms with Crippen molar-refractivity contribution in [2.45, 2.75) is 44.4 Å². The zero-order chi connectivity index (χ0) is 9.97. The molecule has 0 unspecified atom stereocenters. The van der Waals surface area contributed by atoms with Crippen molar-refractivity contribution in [3.05, 3.63) is 10.2 Å². The molecule has 0 atom stereocenters. The van der Waals surface area contributed by atoms with E-state index in [1.54, 1.807) is 0 Å². The lowest BCUT2D eigenvalue weighted by Crippen LogP contribution is -2.00. The van der Waals surface area contributed by atoms with E-state index in [2.05, 4.69) is 4.98 Å². The van der Waals surface area contributed by atoms with E-state index >= 15 is 0 Å². The maximum Gasteiger partial charge on any atom is 0.185 e. The number of rotatable bonds is 1. The molecule has 0 aromatic carbocycles. The van der Waals surface area contributed by atoms with E-state index in [4.69, 9.17) is 17.3 Å². The van der Waals surface area contributed by atoms with Crippen LogP contribution in [0.1, 0.15) is 50.1 Å². The molecule has 0 spiro atoms. The van der Waals surface area contributed by atoms with E-state index in [-0.39, 0.29) is 0 Å². The van der Waals surface area contributed by atoms with Crippen molar-refractivity contribution in [3.8, 4) is 0 Å². The van der Waals surface area contributed by atoms with E-state index in [9.17, 15) is 0 Å². The fourth-order valence-electron chi connectivity index (χ4n) is 2.16. The van der Waals surface area contributed by atoms with Crippen LogP contribution in [-0.2, 0) is 0 Å². The molecule has 1 aliphatic carbocycles. The molecule has 2 nitrogen and oxygen atoms in total. The van der Waals surface area contributed by atoms with E-state index in [0.29, 0.717) is 10.4 Å². The summed E-state index contributed by atoms with van der Waals surface area (Å²) in [4.78, 5) is 4.33. The number of nitrogen functional groups attached to an aromatic ring is 1. The highest BCUT2D eigenvalue weighted by atomic mass is 35.5. The molecule has 1 aromatic rings. The van der Waals surface area contributed by atoms with Crippen LogP contribution < -0.4 is 5.73 Å². The first kappa shape index (κ1) is 10.2. The van der Waals surface area contributed by atoms with Crippen LogP contribution in [0.3, 0.4) is 0 Å². The quantitative estimate of drug-likeness (QED) is 0.745. The van der Waals surface area contributed by atoms with Crippen LogP contribution in [0.2, 0.25) is 4.47 Å². The Bertz CT molecular complexity index is 303. The first-order chi connectivity index (χ1) is 6.77. The zero-order valence-corrected chi connectivity index (χ0v) is 9.70. The molecular formula is C10H15ClN2S. The molecule has 0 amide bonds. The van der Waals surface area contributed by atoms with E-state index in [1.165, 1.54) is 49.9 Å². The third-order valence-electron chi connectivity index (χ3n) is 2.90. The summed E-state index contributed by atoms with van der Waals surface area (Å²) in [6.07, 6.45) is 7.77. The Balaban J connectivity index is 2.15. The van der Waals surface area contributed by atoms with Gasteiger partial charge in [-0.15, -0.1) is 0 Å². The molecule has 14 heavy (non-hydrogen) atoms. The normalized spacial score (nSPS) is 19.5. The van der Waals surface area contributed by atoms with Gasteiger partial charge in [-0.1, -0.05) is 48.6 Å². The maximum absolute atomic E-state index is 5.89. The molecule has 0 radical (unpaired) electrons. The summed E-state index contributed by atoms with van der Waals surface area (Å²) in [6.45, 7) is 0. The zero-order valence-electron chi connectivity index (χ0n) is 8.13. The summed E-state index contributed by atoms with van der Waals surface area (Å²) in [7, 11) is 0. The van der Waals surface area contributed by atoms with Gasteiger partial charge < -0.3 is 5.73 Å². The molecule has 1 aromatic heterocycles. The Morgan fingerprint density at radius 1 is 1.21 bits per heavy atom. The number of nitrogens with zero attached hydrogens (tertiary/aromatic N) is 1. The molecule has 1 fully saturated rings. The highest BCUT2D eigenvalue weighted by molar-refractivity contribution is 7.19. The van der Waals surface area contributed by atoms with Gasteiger partial charge in [0, 0.05) is 5.92 Å². The van der Waals surface area contributed by atoms with Crippen LogP contribution in [0.5, 0.6) is 0 Å². The first-order valence-electron chi connectivity index (χ1n) is 5.19. The number of aromatic nitrogens is 1.